The van der Waals surface area contributed by atoms with Crippen LogP contribution in [0.4, 0.5) is 0 Å². The van der Waals surface area contributed by atoms with Gasteiger partial charge in [0.1, 0.15) is 0 Å². The molecule has 1 aromatic rings. The molecule has 0 amide bonds. The average molecular weight is 221 g/mol. The fraction of sp³-hybridized carbons (Fsp3) is 0.769. The van der Waals surface area contributed by atoms with Crippen molar-refractivity contribution in [3.8, 4) is 0 Å². The van der Waals surface area contributed by atoms with Crippen molar-refractivity contribution in [2.45, 2.75) is 45.1 Å². The Morgan fingerprint density at radius 2 is 2.38 bits per heavy atom. The molecule has 90 valence electrons. The largest absolute Gasteiger partial charge is 0.314 e. The van der Waals surface area contributed by atoms with Gasteiger partial charge in [-0.15, -0.1) is 0 Å². The van der Waals surface area contributed by atoms with E-state index in [1.807, 2.05) is 17.9 Å². The minimum absolute atomic E-state index is 0.716. The van der Waals surface area contributed by atoms with E-state index in [0.29, 0.717) is 6.04 Å². The van der Waals surface area contributed by atoms with Crippen molar-refractivity contribution in [1.82, 2.24) is 15.1 Å². The molecule has 0 spiro atoms. The van der Waals surface area contributed by atoms with Gasteiger partial charge in [-0.3, -0.25) is 4.68 Å². The van der Waals surface area contributed by atoms with E-state index in [1.165, 1.54) is 31.4 Å². The third-order valence-corrected chi connectivity index (χ3v) is 3.82. The second-order valence-electron chi connectivity index (χ2n) is 4.84. The molecule has 1 fully saturated rings. The van der Waals surface area contributed by atoms with Crippen molar-refractivity contribution >= 4 is 0 Å². The van der Waals surface area contributed by atoms with E-state index in [2.05, 4.69) is 23.4 Å². The number of aryl methyl sites for hydroxylation is 2. The molecule has 1 atom stereocenters. The van der Waals surface area contributed by atoms with Crippen LogP contribution < -0.4 is 5.32 Å². The van der Waals surface area contributed by atoms with Crippen LogP contribution in [-0.2, 0) is 13.5 Å². The number of aromatic nitrogens is 2. The summed E-state index contributed by atoms with van der Waals surface area (Å²) < 4.78 is 1.99. The van der Waals surface area contributed by atoms with E-state index in [9.17, 15) is 0 Å². The Kier molecular flexibility index (Phi) is 3.99. The standard InChI is InChI=1S/C13H23N3/c1-3-14-13(11-5-4-6-11)8-7-12-9-10-15-16(12)2/h9-11,13-14H,3-8H2,1-2H3. The lowest BCUT2D eigenvalue weighted by atomic mass is 9.78. The molecule has 1 aliphatic rings. The van der Waals surface area contributed by atoms with E-state index in [4.69, 9.17) is 0 Å². The van der Waals surface area contributed by atoms with Gasteiger partial charge in [0.15, 0.2) is 0 Å². The number of nitrogens with zero attached hydrogens (tertiary/aromatic N) is 2. The molecule has 2 rings (SSSR count). The van der Waals surface area contributed by atoms with Gasteiger partial charge in [-0.1, -0.05) is 13.3 Å². The normalized spacial score (nSPS) is 18.4. The molecule has 1 heterocycles. The Balaban J connectivity index is 1.83. The molecular weight excluding hydrogens is 198 g/mol. The van der Waals surface area contributed by atoms with Crippen molar-refractivity contribution < 1.29 is 0 Å². The van der Waals surface area contributed by atoms with Gasteiger partial charge in [-0.2, -0.15) is 5.10 Å². The Morgan fingerprint density at radius 3 is 2.88 bits per heavy atom. The van der Waals surface area contributed by atoms with Crippen LogP contribution in [0.1, 0.15) is 38.3 Å². The molecule has 1 aromatic heterocycles. The Labute approximate surface area is 98.2 Å². The molecule has 3 heteroatoms. The number of hydrogen-bond acceptors (Lipinski definition) is 2. The summed E-state index contributed by atoms with van der Waals surface area (Å²) in [5.41, 5.74) is 1.35. The summed E-state index contributed by atoms with van der Waals surface area (Å²) in [7, 11) is 2.03. The summed E-state index contributed by atoms with van der Waals surface area (Å²) in [5, 5.41) is 7.85. The quantitative estimate of drug-likeness (QED) is 0.797. The average Bonchev–Trinajstić information content (AvgIpc) is 2.58. The number of rotatable bonds is 6. The number of hydrogen-bond donors (Lipinski definition) is 1. The van der Waals surface area contributed by atoms with Crippen LogP contribution in [0.5, 0.6) is 0 Å². The third kappa shape index (κ3) is 2.64. The van der Waals surface area contributed by atoms with E-state index < -0.39 is 0 Å². The summed E-state index contributed by atoms with van der Waals surface area (Å²) in [6.07, 6.45) is 8.55. The lowest BCUT2D eigenvalue weighted by molar-refractivity contribution is 0.221. The van der Waals surface area contributed by atoms with Crippen LogP contribution in [-0.4, -0.2) is 22.4 Å². The highest BCUT2D eigenvalue weighted by molar-refractivity contribution is 5.01. The lowest BCUT2D eigenvalue weighted by Crippen LogP contribution is -2.39. The zero-order chi connectivity index (χ0) is 11.4. The summed E-state index contributed by atoms with van der Waals surface area (Å²) in [4.78, 5) is 0. The molecule has 0 saturated heterocycles. The molecule has 16 heavy (non-hydrogen) atoms. The van der Waals surface area contributed by atoms with Crippen molar-refractivity contribution in [1.29, 1.82) is 0 Å². The zero-order valence-corrected chi connectivity index (χ0v) is 10.4. The van der Waals surface area contributed by atoms with Crippen LogP contribution in [0.3, 0.4) is 0 Å². The molecule has 1 saturated carbocycles. The SMILES string of the molecule is CCNC(CCc1ccnn1C)C1CCC1. The molecule has 3 nitrogen and oxygen atoms in total. The minimum Gasteiger partial charge on any atom is -0.314 e. The highest BCUT2D eigenvalue weighted by Gasteiger charge is 2.26. The number of nitrogens with one attached hydrogen (secondary N) is 1. The van der Waals surface area contributed by atoms with Gasteiger partial charge in [0.05, 0.1) is 0 Å². The predicted octanol–water partition coefficient (Wildman–Crippen LogP) is 2.13. The van der Waals surface area contributed by atoms with Gasteiger partial charge in [0, 0.05) is 25.0 Å². The first kappa shape index (κ1) is 11.6. The molecule has 0 aliphatic heterocycles. The first-order chi connectivity index (χ1) is 7.81. The molecule has 0 aromatic carbocycles. The fourth-order valence-electron chi connectivity index (χ4n) is 2.56. The first-order valence-corrected chi connectivity index (χ1v) is 6.51. The second kappa shape index (κ2) is 5.48. The van der Waals surface area contributed by atoms with Crippen molar-refractivity contribution in [3.05, 3.63) is 18.0 Å². The van der Waals surface area contributed by atoms with Gasteiger partial charge in [-0.25, -0.2) is 0 Å². The Bertz CT molecular complexity index is 315. The third-order valence-electron chi connectivity index (χ3n) is 3.82. The van der Waals surface area contributed by atoms with Crippen LogP contribution in [0.15, 0.2) is 12.3 Å². The highest BCUT2D eigenvalue weighted by Crippen LogP contribution is 2.31. The monoisotopic (exact) mass is 221 g/mol. The molecule has 1 N–H and O–H groups in total. The maximum Gasteiger partial charge on any atom is 0.0492 e. The summed E-state index contributed by atoms with van der Waals surface area (Å²) in [5.74, 6) is 0.924. The Morgan fingerprint density at radius 1 is 1.56 bits per heavy atom. The molecule has 0 radical (unpaired) electrons. The van der Waals surface area contributed by atoms with Gasteiger partial charge in [0.2, 0.25) is 0 Å². The summed E-state index contributed by atoms with van der Waals surface area (Å²) in [6, 6.07) is 2.85. The lowest BCUT2D eigenvalue weighted by Gasteiger charge is -2.34. The molecule has 1 aliphatic carbocycles. The summed E-state index contributed by atoms with van der Waals surface area (Å²) >= 11 is 0. The van der Waals surface area contributed by atoms with Crippen molar-refractivity contribution in [2.24, 2.45) is 13.0 Å². The van der Waals surface area contributed by atoms with E-state index in [0.717, 1.165) is 18.9 Å². The van der Waals surface area contributed by atoms with Gasteiger partial charge in [0.25, 0.3) is 0 Å². The maximum absolute atomic E-state index is 4.22. The fourth-order valence-corrected chi connectivity index (χ4v) is 2.56. The van der Waals surface area contributed by atoms with Crippen molar-refractivity contribution in [3.63, 3.8) is 0 Å². The minimum atomic E-state index is 0.716. The summed E-state index contributed by atoms with van der Waals surface area (Å²) in [6.45, 7) is 3.29. The van der Waals surface area contributed by atoms with Gasteiger partial charge in [-0.05, 0) is 44.2 Å². The van der Waals surface area contributed by atoms with E-state index in [1.54, 1.807) is 0 Å². The molecule has 1 unspecified atom stereocenters. The maximum atomic E-state index is 4.22. The van der Waals surface area contributed by atoms with E-state index in [-0.39, 0.29) is 0 Å². The Hall–Kier alpha value is -0.830. The highest BCUT2D eigenvalue weighted by atomic mass is 15.2. The van der Waals surface area contributed by atoms with Gasteiger partial charge < -0.3 is 5.32 Å². The molecule has 0 bridgehead atoms. The first-order valence-electron chi connectivity index (χ1n) is 6.51. The van der Waals surface area contributed by atoms with Crippen LogP contribution >= 0.6 is 0 Å². The topological polar surface area (TPSA) is 29.9 Å². The van der Waals surface area contributed by atoms with E-state index >= 15 is 0 Å². The van der Waals surface area contributed by atoms with Crippen LogP contribution in [0.2, 0.25) is 0 Å². The van der Waals surface area contributed by atoms with Crippen molar-refractivity contribution in [2.75, 3.05) is 6.54 Å². The zero-order valence-electron chi connectivity index (χ0n) is 10.4. The second-order valence-corrected chi connectivity index (χ2v) is 4.84. The smallest absolute Gasteiger partial charge is 0.0492 e. The van der Waals surface area contributed by atoms with Crippen LogP contribution in [0, 0.1) is 5.92 Å². The molecular formula is C13H23N3. The van der Waals surface area contributed by atoms with Gasteiger partial charge >= 0.3 is 0 Å². The van der Waals surface area contributed by atoms with Crippen LogP contribution in [0.25, 0.3) is 0 Å². The predicted molar refractivity (Wildman–Crippen MR) is 66.3 cm³/mol.